The van der Waals surface area contributed by atoms with Crippen LogP contribution in [0, 0.1) is 0 Å². The van der Waals surface area contributed by atoms with E-state index in [0.29, 0.717) is 36.8 Å². The van der Waals surface area contributed by atoms with Crippen LogP contribution in [0.15, 0.2) is 29.8 Å². The van der Waals surface area contributed by atoms with Gasteiger partial charge in [0.25, 0.3) is 5.91 Å². The SMILES string of the molecule is Cl.O=C(NCC1=CCNCC1)c1cccc2c1OCCO2. The molecule has 1 aromatic carbocycles. The van der Waals surface area contributed by atoms with Crippen LogP contribution in [0.2, 0.25) is 0 Å². The summed E-state index contributed by atoms with van der Waals surface area (Å²) in [5.41, 5.74) is 1.80. The Balaban J connectivity index is 0.00000161. The molecule has 0 saturated heterocycles. The molecule has 0 aliphatic carbocycles. The Hall–Kier alpha value is -1.72. The van der Waals surface area contributed by atoms with Crippen molar-refractivity contribution in [3.8, 4) is 11.5 Å². The van der Waals surface area contributed by atoms with Gasteiger partial charge in [-0.15, -0.1) is 12.4 Å². The van der Waals surface area contributed by atoms with Crippen molar-refractivity contribution in [3.63, 3.8) is 0 Å². The van der Waals surface area contributed by atoms with Gasteiger partial charge in [-0.1, -0.05) is 17.7 Å². The first-order chi connectivity index (χ1) is 9.84. The molecular weight excluding hydrogens is 292 g/mol. The van der Waals surface area contributed by atoms with E-state index >= 15 is 0 Å². The van der Waals surface area contributed by atoms with Crippen molar-refractivity contribution in [3.05, 3.63) is 35.4 Å². The molecule has 0 spiro atoms. The first-order valence-corrected chi connectivity index (χ1v) is 6.90. The van der Waals surface area contributed by atoms with Gasteiger partial charge >= 0.3 is 0 Å². The van der Waals surface area contributed by atoms with E-state index in [0.717, 1.165) is 19.5 Å². The molecule has 0 bridgehead atoms. The summed E-state index contributed by atoms with van der Waals surface area (Å²) in [7, 11) is 0. The highest BCUT2D eigenvalue weighted by molar-refractivity contribution is 5.98. The van der Waals surface area contributed by atoms with Gasteiger partial charge in [0, 0.05) is 13.1 Å². The lowest BCUT2D eigenvalue weighted by Gasteiger charge is -2.21. The van der Waals surface area contributed by atoms with Crippen LogP contribution in [-0.4, -0.2) is 38.8 Å². The number of fused-ring (bicyclic) bond motifs is 1. The zero-order chi connectivity index (χ0) is 13.8. The van der Waals surface area contributed by atoms with E-state index in [9.17, 15) is 4.79 Å². The van der Waals surface area contributed by atoms with Crippen LogP contribution in [-0.2, 0) is 0 Å². The number of halogens is 1. The number of ether oxygens (including phenoxy) is 2. The molecule has 1 amide bonds. The Morgan fingerprint density at radius 1 is 1.29 bits per heavy atom. The van der Waals surface area contributed by atoms with Gasteiger partial charge in [-0.25, -0.2) is 0 Å². The minimum atomic E-state index is -0.119. The van der Waals surface area contributed by atoms with E-state index < -0.39 is 0 Å². The fourth-order valence-electron chi connectivity index (χ4n) is 2.37. The van der Waals surface area contributed by atoms with Gasteiger partial charge in [-0.2, -0.15) is 0 Å². The summed E-state index contributed by atoms with van der Waals surface area (Å²) >= 11 is 0. The number of rotatable bonds is 3. The Kier molecular flexibility index (Phi) is 5.47. The number of nitrogens with one attached hydrogen (secondary N) is 2. The number of carbonyl (C=O) groups excluding carboxylic acids is 1. The number of benzene rings is 1. The number of hydrogen-bond acceptors (Lipinski definition) is 4. The number of carbonyl (C=O) groups is 1. The Bertz CT molecular complexity index is 546. The Morgan fingerprint density at radius 3 is 2.95 bits per heavy atom. The summed E-state index contributed by atoms with van der Waals surface area (Å²) in [5, 5.41) is 6.20. The fourth-order valence-corrected chi connectivity index (χ4v) is 2.37. The van der Waals surface area contributed by atoms with Gasteiger partial charge in [0.1, 0.15) is 13.2 Å². The zero-order valence-corrected chi connectivity index (χ0v) is 12.5. The maximum Gasteiger partial charge on any atom is 0.255 e. The molecule has 0 aromatic heterocycles. The van der Waals surface area contributed by atoms with Crippen molar-refractivity contribution < 1.29 is 14.3 Å². The third-order valence-corrected chi connectivity index (χ3v) is 3.44. The second kappa shape index (κ2) is 7.33. The highest BCUT2D eigenvalue weighted by Crippen LogP contribution is 2.33. The summed E-state index contributed by atoms with van der Waals surface area (Å²) in [5.74, 6) is 1.08. The van der Waals surface area contributed by atoms with Gasteiger partial charge in [0.05, 0.1) is 5.56 Å². The van der Waals surface area contributed by atoms with Crippen LogP contribution >= 0.6 is 12.4 Å². The van der Waals surface area contributed by atoms with Crippen LogP contribution in [0.3, 0.4) is 0 Å². The Labute approximate surface area is 130 Å². The lowest BCUT2D eigenvalue weighted by Crippen LogP contribution is -2.30. The molecule has 0 radical (unpaired) electrons. The predicted octanol–water partition coefficient (Wildman–Crippen LogP) is 1.53. The van der Waals surface area contributed by atoms with Crippen molar-refractivity contribution in [2.75, 3.05) is 32.8 Å². The van der Waals surface area contributed by atoms with Crippen molar-refractivity contribution in [1.29, 1.82) is 0 Å². The van der Waals surface area contributed by atoms with Crippen LogP contribution in [0.25, 0.3) is 0 Å². The molecule has 5 nitrogen and oxygen atoms in total. The normalized spacial score (nSPS) is 16.5. The van der Waals surface area contributed by atoms with Crippen molar-refractivity contribution in [1.82, 2.24) is 10.6 Å². The van der Waals surface area contributed by atoms with Gasteiger partial charge in [0.2, 0.25) is 0 Å². The largest absolute Gasteiger partial charge is 0.486 e. The number of para-hydroxylation sites is 1. The first-order valence-electron chi connectivity index (χ1n) is 6.90. The van der Waals surface area contributed by atoms with E-state index in [1.54, 1.807) is 6.07 Å². The monoisotopic (exact) mass is 310 g/mol. The number of amides is 1. The molecule has 2 aliphatic rings. The van der Waals surface area contributed by atoms with Gasteiger partial charge in [0.15, 0.2) is 11.5 Å². The average Bonchev–Trinajstić information content (AvgIpc) is 2.53. The van der Waals surface area contributed by atoms with Gasteiger partial charge < -0.3 is 20.1 Å². The third kappa shape index (κ3) is 3.68. The second-order valence-electron chi connectivity index (χ2n) is 4.83. The highest BCUT2D eigenvalue weighted by atomic mass is 35.5. The summed E-state index contributed by atoms with van der Waals surface area (Å²) in [4.78, 5) is 12.3. The molecular formula is C15H19ClN2O3. The van der Waals surface area contributed by atoms with E-state index in [1.165, 1.54) is 5.57 Å². The van der Waals surface area contributed by atoms with Gasteiger partial charge in [-0.05, 0) is 25.1 Å². The van der Waals surface area contributed by atoms with Crippen LogP contribution in [0.5, 0.6) is 11.5 Å². The molecule has 3 rings (SSSR count). The molecule has 0 fully saturated rings. The summed E-state index contributed by atoms with van der Waals surface area (Å²) in [6.07, 6.45) is 3.11. The van der Waals surface area contributed by atoms with Crippen molar-refractivity contribution >= 4 is 18.3 Å². The first kappa shape index (κ1) is 15.7. The molecule has 114 valence electrons. The Morgan fingerprint density at radius 2 is 2.14 bits per heavy atom. The zero-order valence-electron chi connectivity index (χ0n) is 11.7. The van der Waals surface area contributed by atoms with Crippen molar-refractivity contribution in [2.24, 2.45) is 0 Å². The number of hydrogen-bond donors (Lipinski definition) is 2. The summed E-state index contributed by atoms with van der Waals surface area (Å²) < 4.78 is 11.0. The lowest BCUT2D eigenvalue weighted by molar-refractivity contribution is 0.0945. The quantitative estimate of drug-likeness (QED) is 0.831. The molecule has 0 atom stereocenters. The van der Waals surface area contributed by atoms with Gasteiger partial charge in [-0.3, -0.25) is 4.79 Å². The lowest BCUT2D eigenvalue weighted by atomic mass is 10.1. The molecule has 2 N–H and O–H groups in total. The topological polar surface area (TPSA) is 59.6 Å². The molecule has 2 heterocycles. The average molecular weight is 311 g/mol. The van der Waals surface area contributed by atoms with E-state index in [2.05, 4.69) is 16.7 Å². The van der Waals surface area contributed by atoms with E-state index in [1.807, 2.05) is 12.1 Å². The van der Waals surface area contributed by atoms with E-state index in [-0.39, 0.29) is 18.3 Å². The maximum atomic E-state index is 12.3. The van der Waals surface area contributed by atoms with E-state index in [4.69, 9.17) is 9.47 Å². The minimum Gasteiger partial charge on any atom is -0.486 e. The predicted molar refractivity (Wildman–Crippen MR) is 82.6 cm³/mol. The highest BCUT2D eigenvalue weighted by Gasteiger charge is 2.20. The third-order valence-electron chi connectivity index (χ3n) is 3.44. The maximum absolute atomic E-state index is 12.3. The van der Waals surface area contributed by atoms with Crippen LogP contribution < -0.4 is 20.1 Å². The summed E-state index contributed by atoms with van der Waals surface area (Å²) in [6, 6.07) is 5.40. The fraction of sp³-hybridized carbons (Fsp3) is 0.400. The van der Waals surface area contributed by atoms with Crippen LogP contribution in [0.4, 0.5) is 0 Å². The van der Waals surface area contributed by atoms with Crippen molar-refractivity contribution in [2.45, 2.75) is 6.42 Å². The molecule has 6 heteroatoms. The second-order valence-corrected chi connectivity index (χ2v) is 4.83. The van der Waals surface area contributed by atoms with Crippen LogP contribution in [0.1, 0.15) is 16.8 Å². The molecule has 0 saturated carbocycles. The molecule has 1 aromatic rings. The minimum absolute atomic E-state index is 0. The molecule has 0 unspecified atom stereocenters. The molecule has 21 heavy (non-hydrogen) atoms. The standard InChI is InChI=1S/C15H18N2O3.ClH/c18-15(17-10-11-4-6-16-7-5-11)12-2-1-3-13-14(12)20-9-8-19-13;/h1-4,16H,5-10H2,(H,17,18);1H. The smallest absolute Gasteiger partial charge is 0.255 e. The summed E-state index contributed by atoms with van der Waals surface area (Å²) in [6.45, 7) is 3.44. The molecule has 2 aliphatic heterocycles.